The van der Waals surface area contributed by atoms with Crippen LogP contribution in [0.1, 0.15) is 34.3 Å². The molecule has 3 amide bonds. The quantitative estimate of drug-likeness (QED) is 0.491. The fraction of sp³-hybridized carbons (Fsp3) is 0.250. The molecule has 1 atom stereocenters. The maximum absolute atomic E-state index is 12.9. The lowest BCUT2D eigenvalue weighted by molar-refractivity contribution is -0.136. The molecule has 1 aromatic heterocycles. The highest BCUT2D eigenvalue weighted by atomic mass is 16.2. The monoisotopic (exact) mass is 429 g/mol. The number of carbonyl (C=O) groups excluding carboxylic acids is 3. The number of nitrogens with two attached hydrogens (primary N) is 1. The summed E-state index contributed by atoms with van der Waals surface area (Å²) in [4.78, 5) is 43.0. The molecule has 162 valence electrons. The van der Waals surface area contributed by atoms with Crippen LogP contribution in [0.5, 0.6) is 0 Å². The smallest absolute Gasteiger partial charge is 0.255 e. The van der Waals surface area contributed by atoms with Gasteiger partial charge in [-0.2, -0.15) is 0 Å². The minimum Gasteiger partial charge on any atom is -0.398 e. The van der Waals surface area contributed by atoms with Gasteiger partial charge in [0.15, 0.2) is 0 Å². The average molecular weight is 429 g/mol. The van der Waals surface area contributed by atoms with Gasteiger partial charge >= 0.3 is 0 Å². The van der Waals surface area contributed by atoms with Crippen molar-refractivity contribution < 1.29 is 14.4 Å². The number of imide groups is 1. The zero-order valence-electron chi connectivity index (χ0n) is 17.9. The third kappa shape index (κ3) is 3.24. The van der Waals surface area contributed by atoms with E-state index in [4.69, 9.17) is 10.7 Å². The van der Waals surface area contributed by atoms with E-state index in [0.29, 0.717) is 24.2 Å². The van der Waals surface area contributed by atoms with Crippen LogP contribution in [-0.2, 0) is 23.2 Å². The minimum atomic E-state index is -0.623. The van der Waals surface area contributed by atoms with Gasteiger partial charge in [-0.1, -0.05) is 17.7 Å². The topological polar surface area (TPSA) is 110 Å². The lowest BCUT2D eigenvalue weighted by Gasteiger charge is -2.29. The van der Waals surface area contributed by atoms with Gasteiger partial charge in [-0.15, -0.1) is 0 Å². The Morgan fingerprint density at radius 1 is 1.09 bits per heavy atom. The number of nitrogens with zero attached hydrogens (tertiary/aromatic N) is 3. The molecule has 3 aromatic rings. The first-order chi connectivity index (χ1) is 15.3. The Kier molecular flexibility index (Phi) is 4.58. The number of nitrogens with one attached hydrogen (secondary N) is 1. The number of carbonyl (C=O) groups is 3. The second-order valence-corrected chi connectivity index (χ2v) is 8.42. The van der Waals surface area contributed by atoms with E-state index in [1.807, 2.05) is 55.1 Å². The van der Waals surface area contributed by atoms with Gasteiger partial charge in [0.1, 0.15) is 11.9 Å². The molecule has 8 heteroatoms. The Balaban J connectivity index is 1.46. The highest BCUT2D eigenvalue weighted by Crippen LogP contribution is 2.33. The molecule has 3 heterocycles. The fourth-order valence-electron chi connectivity index (χ4n) is 4.45. The molecule has 0 saturated carbocycles. The molecule has 2 aliphatic rings. The number of rotatable bonds is 3. The van der Waals surface area contributed by atoms with Crippen molar-refractivity contribution >= 4 is 23.4 Å². The Hall–Kier alpha value is -3.94. The first kappa shape index (κ1) is 20.0. The van der Waals surface area contributed by atoms with E-state index < -0.39 is 11.9 Å². The van der Waals surface area contributed by atoms with Crippen LogP contribution in [0.25, 0.3) is 22.6 Å². The number of hydrogen-bond donors (Lipinski definition) is 2. The summed E-state index contributed by atoms with van der Waals surface area (Å²) in [5, 5.41) is 2.33. The fourth-order valence-corrected chi connectivity index (χ4v) is 4.45. The van der Waals surface area contributed by atoms with Crippen LogP contribution in [0, 0.1) is 6.92 Å². The highest BCUT2D eigenvalue weighted by molar-refractivity contribution is 6.05. The van der Waals surface area contributed by atoms with E-state index in [9.17, 15) is 14.4 Å². The lowest BCUT2D eigenvalue weighted by atomic mass is 10.0. The predicted octanol–water partition coefficient (Wildman–Crippen LogP) is 2.41. The molecular weight excluding hydrogens is 406 g/mol. The third-order valence-corrected chi connectivity index (χ3v) is 6.15. The van der Waals surface area contributed by atoms with E-state index in [-0.39, 0.29) is 18.2 Å². The number of anilines is 1. The molecule has 2 aliphatic heterocycles. The van der Waals surface area contributed by atoms with Gasteiger partial charge in [0.2, 0.25) is 11.8 Å². The molecule has 3 N–H and O–H groups in total. The van der Waals surface area contributed by atoms with Crippen molar-refractivity contribution in [1.29, 1.82) is 0 Å². The van der Waals surface area contributed by atoms with Crippen molar-refractivity contribution in [3.63, 3.8) is 0 Å². The van der Waals surface area contributed by atoms with Gasteiger partial charge in [-0.05, 0) is 43.2 Å². The summed E-state index contributed by atoms with van der Waals surface area (Å²) in [6.45, 7) is 2.34. The van der Waals surface area contributed by atoms with E-state index in [2.05, 4.69) is 5.32 Å². The SMILES string of the molecule is Cc1ccc(N)c(-c2nc(-c3ccc4c(c3)CN(C3CCC(=O)NC3=O)C4=O)cn2C)c1. The summed E-state index contributed by atoms with van der Waals surface area (Å²) in [5.41, 5.74) is 11.9. The number of nitrogen functional groups attached to an aromatic ring is 1. The molecule has 0 bridgehead atoms. The molecule has 0 spiro atoms. The van der Waals surface area contributed by atoms with Crippen molar-refractivity contribution in [2.24, 2.45) is 7.05 Å². The molecule has 5 rings (SSSR count). The largest absolute Gasteiger partial charge is 0.398 e. The van der Waals surface area contributed by atoms with Crippen LogP contribution in [0.15, 0.2) is 42.6 Å². The summed E-state index contributed by atoms with van der Waals surface area (Å²) in [5.74, 6) is -0.121. The van der Waals surface area contributed by atoms with Crippen LogP contribution >= 0.6 is 0 Å². The van der Waals surface area contributed by atoms with Crippen LogP contribution in [-0.4, -0.2) is 38.2 Å². The van der Waals surface area contributed by atoms with Crippen LogP contribution in [0.2, 0.25) is 0 Å². The first-order valence-electron chi connectivity index (χ1n) is 10.5. The van der Waals surface area contributed by atoms with Gasteiger partial charge in [0.25, 0.3) is 5.91 Å². The van der Waals surface area contributed by atoms with Crippen molar-refractivity contribution in [3.8, 4) is 22.6 Å². The molecular formula is C24H23N5O3. The highest BCUT2D eigenvalue weighted by Gasteiger charge is 2.39. The number of hydrogen-bond acceptors (Lipinski definition) is 5. The summed E-state index contributed by atoms with van der Waals surface area (Å²) in [7, 11) is 1.93. The van der Waals surface area contributed by atoms with Gasteiger partial charge in [0, 0.05) is 48.6 Å². The van der Waals surface area contributed by atoms with Crippen molar-refractivity contribution in [1.82, 2.24) is 19.8 Å². The van der Waals surface area contributed by atoms with E-state index >= 15 is 0 Å². The third-order valence-electron chi connectivity index (χ3n) is 6.15. The number of fused-ring (bicyclic) bond motifs is 1. The van der Waals surface area contributed by atoms with Crippen LogP contribution in [0.4, 0.5) is 5.69 Å². The Morgan fingerprint density at radius 2 is 1.91 bits per heavy atom. The molecule has 0 radical (unpaired) electrons. The van der Waals surface area contributed by atoms with E-state index in [1.165, 1.54) is 0 Å². The minimum absolute atomic E-state index is 0.185. The maximum Gasteiger partial charge on any atom is 0.255 e. The summed E-state index contributed by atoms with van der Waals surface area (Å²) in [6.07, 6.45) is 2.52. The standard InChI is InChI=1S/C24H23N5O3/c1-13-3-6-18(25)17(9-13)22-26-19(12-28(22)2)14-4-5-16-15(10-14)11-29(24(16)32)20-7-8-21(30)27-23(20)31/h3-6,9-10,12,20H,7-8,11,25H2,1-2H3,(H,27,30,31). The van der Waals surface area contributed by atoms with Gasteiger partial charge in [0.05, 0.1) is 5.69 Å². The Bertz CT molecular complexity index is 1290. The number of amides is 3. The van der Waals surface area contributed by atoms with Crippen molar-refractivity contribution in [3.05, 3.63) is 59.3 Å². The molecule has 1 unspecified atom stereocenters. The molecule has 1 fully saturated rings. The van der Waals surface area contributed by atoms with Crippen LogP contribution < -0.4 is 11.1 Å². The molecule has 0 aliphatic carbocycles. The second-order valence-electron chi connectivity index (χ2n) is 8.42. The van der Waals surface area contributed by atoms with Gasteiger partial charge in [-0.3, -0.25) is 19.7 Å². The lowest BCUT2D eigenvalue weighted by Crippen LogP contribution is -2.52. The van der Waals surface area contributed by atoms with E-state index in [0.717, 1.165) is 33.8 Å². The predicted molar refractivity (Wildman–Crippen MR) is 119 cm³/mol. The number of aromatic nitrogens is 2. The molecule has 8 nitrogen and oxygen atoms in total. The number of piperidine rings is 1. The second kappa shape index (κ2) is 7.33. The Morgan fingerprint density at radius 3 is 2.69 bits per heavy atom. The number of benzene rings is 2. The van der Waals surface area contributed by atoms with Gasteiger partial charge < -0.3 is 15.2 Å². The van der Waals surface area contributed by atoms with Crippen molar-refractivity contribution in [2.45, 2.75) is 32.4 Å². The number of imidazole rings is 1. The molecule has 32 heavy (non-hydrogen) atoms. The summed E-state index contributed by atoms with van der Waals surface area (Å²) >= 11 is 0. The number of aryl methyl sites for hydroxylation is 2. The van der Waals surface area contributed by atoms with E-state index in [1.54, 1.807) is 11.0 Å². The molecule has 1 saturated heterocycles. The average Bonchev–Trinajstić information content (AvgIpc) is 3.30. The van der Waals surface area contributed by atoms with Gasteiger partial charge in [-0.25, -0.2) is 4.98 Å². The normalized spacial score (nSPS) is 18.1. The zero-order valence-corrected chi connectivity index (χ0v) is 17.9. The van der Waals surface area contributed by atoms with Crippen LogP contribution in [0.3, 0.4) is 0 Å². The summed E-state index contributed by atoms with van der Waals surface area (Å²) in [6, 6.07) is 10.8. The van der Waals surface area contributed by atoms with Crippen molar-refractivity contribution in [2.75, 3.05) is 5.73 Å². The summed E-state index contributed by atoms with van der Waals surface area (Å²) < 4.78 is 1.94. The first-order valence-corrected chi connectivity index (χ1v) is 10.5. The molecule has 2 aromatic carbocycles. The zero-order chi connectivity index (χ0) is 22.6. The maximum atomic E-state index is 12.9. The Labute approximate surface area is 185 Å².